The van der Waals surface area contributed by atoms with Gasteiger partial charge in [0, 0.05) is 9.35 Å². The van der Waals surface area contributed by atoms with E-state index in [2.05, 4.69) is 28.2 Å². The Balaban J connectivity index is 2.05. The van der Waals surface area contributed by atoms with Crippen molar-refractivity contribution in [3.63, 3.8) is 0 Å². The van der Waals surface area contributed by atoms with Crippen LogP contribution in [0.25, 0.3) is 10.6 Å². The van der Waals surface area contributed by atoms with E-state index in [9.17, 15) is 4.39 Å². The van der Waals surface area contributed by atoms with E-state index in [1.807, 2.05) is 6.07 Å². The van der Waals surface area contributed by atoms with Crippen LogP contribution in [0, 0.1) is 5.82 Å². The standard InChI is InChI=1S/C15H16BrFN2S/c1-2-18-11-7-4-8-12-14(11)19-15(20-12)13-9(16)5-3-6-10(13)17/h3,5-6,11,18H,2,4,7-8H2,1H3. The summed E-state index contributed by atoms with van der Waals surface area (Å²) in [5.74, 6) is -0.217. The van der Waals surface area contributed by atoms with Crippen LogP contribution in [-0.2, 0) is 6.42 Å². The molecule has 0 spiro atoms. The lowest BCUT2D eigenvalue weighted by atomic mass is 9.97. The van der Waals surface area contributed by atoms with Crippen molar-refractivity contribution in [2.24, 2.45) is 0 Å². The van der Waals surface area contributed by atoms with Gasteiger partial charge in [-0.2, -0.15) is 0 Å². The molecular formula is C15H16BrFN2S. The van der Waals surface area contributed by atoms with Gasteiger partial charge in [0.2, 0.25) is 0 Å². The highest BCUT2D eigenvalue weighted by molar-refractivity contribution is 9.10. The van der Waals surface area contributed by atoms with Gasteiger partial charge in [-0.15, -0.1) is 11.3 Å². The molecule has 5 heteroatoms. The number of thiazole rings is 1. The maximum atomic E-state index is 14.1. The first kappa shape index (κ1) is 14.2. The lowest BCUT2D eigenvalue weighted by Crippen LogP contribution is -2.24. The van der Waals surface area contributed by atoms with Crippen molar-refractivity contribution in [1.82, 2.24) is 10.3 Å². The molecule has 0 saturated carbocycles. The summed E-state index contributed by atoms with van der Waals surface area (Å²) in [5, 5.41) is 4.26. The smallest absolute Gasteiger partial charge is 0.134 e. The first-order valence-electron chi connectivity index (χ1n) is 6.88. The van der Waals surface area contributed by atoms with Crippen molar-refractivity contribution in [3.8, 4) is 10.6 Å². The number of halogens is 2. The zero-order valence-electron chi connectivity index (χ0n) is 11.2. The topological polar surface area (TPSA) is 24.9 Å². The molecule has 1 N–H and O–H groups in total. The molecule has 0 fully saturated rings. The van der Waals surface area contributed by atoms with Gasteiger partial charge in [-0.3, -0.25) is 0 Å². The molecule has 0 radical (unpaired) electrons. The van der Waals surface area contributed by atoms with E-state index in [1.54, 1.807) is 17.4 Å². The van der Waals surface area contributed by atoms with E-state index >= 15 is 0 Å². The number of hydrogen-bond donors (Lipinski definition) is 1. The molecule has 2 nitrogen and oxygen atoms in total. The molecule has 1 atom stereocenters. The quantitative estimate of drug-likeness (QED) is 0.863. The van der Waals surface area contributed by atoms with Gasteiger partial charge in [0.1, 0.15) is 10.8 Å². The summed E-state index contributed by atoms with van der Waals surface area (Å²) in [5.41, 5.74) is 1.70. The van der Waals surface area contributed by atoms with Crippen molar-refractivity contribution in [2.75, 3.05) is 6.54 Å². The zero-order valence-corrected chi connectivity index (χ0v) is 13.7. The minimum atomic E-state index is -0.217. The SMILES string of the molecule is CCNC1CCCc2sc(-c3c(F)cccc3Br)nc21. The fraction of sp³-hybridized carbons (Fsp3) is 0.400. The molecular weight excluding hydrogens is 339 g/mol. The van der Waals surface area contributed by atoms with Gasteiger partial charge >= 0.3 is 0 Å². The number of benzene rings is 1. The number of nitrogens with zero attached hydrogens (tertiary/aromatic N) is 1. The molecule has 106 valence electrons. The average molecular weight is 355 g/mol. The Labute approximate surface area is 130 Å². The molecule has 1 aliphatic carbocycles. The summed E-state index contributed by atoms with van der Waals surface area (Å²) in [6.07, 6.45) is 3.34. The summed E-state index contributed by atoms with van der Waals surface area (Å²) in [7, 11) is 0. The summed E-state index contributed by atoms with van der Waals surface area (Å²) in [6, 6.07) is 5.38. The Bertz CT molecular complexity index is 606. The zero-order chi connectivity index (χ0) is 14.1. The van der Waals surface area contributed by atoms with E-state index in [-0.39, 0.29) is 5.82 Å². The molecule has 2 aromatic rings. The molecule has 0 saturated heterocycles. The van der Waals surface area contributed by atoms with Crippen LogP contribution in [0.15, 0.2) is 22.7 Å². The Morgan fingerprint density at radius 2 is 2.35 bits per heavy atom. The number of aromatic nitrogens is 1. The van der Waals surface area contributed by atoms with Crippen LogP contribution < -0.4 is 5.32 Å². The number of hydrogen-bond acceptors (Lipinski definition) is 3. The van der Waals surface area contributed by atoms with Crippen LogP contribution in [0.5, 0.6) is 0 Å². The second kappa shape index (κ2) is 5.92. The fourth-order valence-electron chi connectivity index (χ4n) is 2.67. The normalized spacial score (nSPS) is 18.1. The first-order valence-corrected chi connectivity index (χ1v) is 8.49. The molecule has 1 aliphatic rings. The van der Waals surface area contributed by atoms with E-state index in [0.29, 0.717) is 11.6 Å². The van der Waals surface area contributed by atoms with Gasteiger partial charge in [-0.25, -0.2) is 9.37 Å². The van der Waals surface area contributed by atoms with Gasteiger partial charge in [0.25, 0.3) is 0 Å². The van der Waals surface area contributed by atoms with E-state index in [4.69, 9.17) is 4.98 Å². The minimum Gasteiger partial charge on any atom is -0.309 e. The van der Waals surface area contributed by atoms with Crippen molar-refractivity contribution in [1.29, 1.82) is 0 Å². The van der Waals surface area contributed by atoms with E-state index < -0.39 is 0 Å². The van der Waals surface area contributed by atoms with E-state index in [1.165, 1.54) is 17.4 Å². The number of aryl methyl sites for hydroxylation is 1. The Morgan fingerprint density at radius 3 is 3.10 bits per heavy atom. The summed E-state index contributed by atoms with van der Waals surface area (Å²) in [4.78, 5) is 6.03. The highest BCUT2D eigenvalue weighted by Crippen LogP contribution is 2.40. The van der Waals surface area contributed by atoms with Crippen molar-refractivity contribution in [2.45, 2.75) is 32.2 Å². The first-order chi connectivity index (χ1) is 9.70. The van der Waals surface area contributed by atoms with Crippen LogP contribution in [0.2, 0.25) is 0 Å². The van der Waals surface area contributed by atoms with Crippen LogP contribution in [0.3, 0.4) is 0 Å². The monoisotopic (exact) mass is 354 g/mol. The molecule has 1 aromatic heterocycles. The third-order valence-corrected chi connectivity index (χ3v) is 5.39. The van der Waals surface area contributed by atoms with Crippen LogP contribution >= 0.6 is 27.3 Å². The average Bonchev–Trinajstić information content (AvgIpc) is 2.83. The maximum absolute atomic E-state index is 14.1. The molecule has 1 aromatic carbocycles. The third kappa shape index (κ3) is 2.54. The number of fused-ring (bicyclic) bond motifs is 1. The van der Waals surface area contributed by atoms with Gasteiger partial charge in [0.15, 0.2) is 0 Å². The lowest BCUT2D eigenvalue weighted by molar-refractivity contribution is 0.465. The predicted molar refractivity (Wildman–Crippen MR) is 84.6 cm³/mol. The van der Waals surface area contributed by atoms with Crippen molar-refractivity contribution < 1.29 is 4.39 Å². The molecule has 0 bridgehead atoms. The predicted octanol–water partition coefficient (Wildman–Crippen LogP) is 4.70. The third-order valence-electron chi connectivity index (χ3n) is 3.58. The van der Waals surface area contributed by atoms with Gasteiger partial charge < -0.3 is 5.32 Å². The fourth-order valence-corrected chi connectivity index (χ4v) is 4.56. The van der Waals surface area contributed by atoms with Crippen LogP contribution in [-0.4, -0.2) is 11.5 Å². The Hall–Kier alpha value is -0.780. The molecule has 3 rings (SSSR count). The lowest BCUT2D eigenvalue weighted by Gasteiger charge is -2.21. The minimum absolute atomic E-state index is 0.217. The van der Waals surface area contributed by atoms with E-state index in [0.717, 1.165) is 34.6 Å². The highest BCUT2D eigenvalue weighted by Gasteiger charge is 2.25. The Kier molecular flexibility index (Phi) is 4.19. The molecule has 0 aliphatic heterocycles. The molecule has 20 heavy (non-hydrogen) atoms. The van der Waals surface area contributed by atoms with Gasteiger partial charge in [-0.1, -0.05) is 13.0 Å². The molecule has 1 heterocycles. The van der Waals surface area contributed by atoms with Crippen LogP contribution in [0.1, 0.15) is 36.4 Å². The van der Waals surface area contributed by atoms with Crippen molar-refractivity contribution >= 4 is 27.3 Å². The highest BCUT2D eigenvalue weighted by atomic mass is 79.9. The summed E-state index contributed by atoms with van der Waals surface area (Å²) < 4.78 is 14.8. The summed E-state index contributed by atoms with van der Waals surface area (Å²) >= 11 is 5.06. The number of nitrogens with one attached hydrogen (secondary N) is 1. The molecule has 1 unspecified atom stereocenters. The second-order valence-electron chi connectivity index (χ2n) is 4.93. The number of rotatable bonds is 3. The molecule has 0 amide bonds. The van der Waals surface area contributed by atoms with Crippen molar-refractivity contribution in [3.05, 3.63) is 39.1 Å². The summed E-state index contributed by atoms with van der Waals surface area (Å²) in [6.45, 7) is 3.04. The van der Waals surface area contributed by atoms with Gasteiger partial charge in [-0.05, 0) is 53.9 Å². The Morgan fingerprint density at radius 1 is 1.50 bits per heavy atom. The van der Waals surface area contributed by atoms with Crippen LogP contribution in [0.4, 0.5) is 4.39 Å². The largest absolute Gasteiger partial charge is 0.309 e. The van der Waals surface area contributed by atoms with Gasteiger partial charge in [0.05, 0.1) is 17.3 Å². The second-order valence-corrected chi connectivity index (χ2v) is 6.86. The maximum Gasteiger partial charge on any atom is 0.134 e.